The van der Waals surface area contributed by atoms with Crippen molar-refractivity contribution in [2.24, 2.45) is 46.3 Å². The summed E-state index contributed by atoms with van der Waals surface area (Å²) < 4.78 is 24.5. The van der Waals surface area contributed by atoms with E-state index < -0.39 is 34.4 Å². The average Bonchev–Trinajstić information content (AvgIpc) is 3.37. The maximum absolute atomic E-state index is 13.6. The van der Waals surface area contributed by atoms with Crippen molar-refractivity contribution in [1.82, 2.24) is 0 Å². The van der Waals surface area contributed by atoms with Gasteiger partial charge in [0.2, 0.25) is 0 Å². The van der Waals surface area contributed by atoms with E-state index in [1.165, 1.54) is 6.92 Å². The Bertz CT molecular complexity index is 1130. The molecule has 3 saturated heterocycles. The Morgan fingerprint density at radius 2 is 1.82 bits per heavy atom. The predicted octanol–water partition coefficient (Wildman–Crippen LogP) is 3.34. The first-order valence-electron chi connectivity index (χ1n) is 14.5. The molecule has 7 aliphatic rings. The summed E-state index contributed by atoms with van der Waals surface area (Å²) >= 11 is 0. The minimum Gasteiger partial charge on any atom is -0.459 e. The van der Waals surface area contributed by atoms with Crippen LogP contribution in [-0.2, 0) is 33.3 Å². The van der Waals surface area contributed by atoms with Crippen molar-refractivity contribution in [2.45, 2.75) is 109 Å². The monoisotopic (exact) mass is 528 g/mol. The molecule has 2 unspecified atom stereocenters. The number of allylic oxidation sites excluding steroid dienone is 1. The third-order valence-electron chi connectivity index (χ3n) is 12.7. The van der Waals surface area contributed by atoms with Gasteiger partial charge in [0.15, 0.2) is 18.2 Å². The Labute approximate surface area is 223 Å². The minimum atomic E-state index is -0.935. The highest BCUT2D eigenvalue weighted by Crippen LogP contribution is 2.76. The van der Waals surface area contributed by atoms with Crippen molar-refractivity contribution < 1.29 is 38.4 Å². The Kier molecular flexibility index (Phi) is 5.11. The Morgan fingerprint density at radius 3 is 2.53 bits per heavy atom. The number of aliphatic hydroxyl groups is 1. The summed E-state index contributed by atoms with van der Waals surface area (Å²) in [6, 6.07) is 0. The number of rotatable bonds is 2. The molecule has 3 aliphatic heterocycles. The van der Waals surface area contributed by atoms with E-state index in [9.17, 15) is 19.5 Å². The molecule has 38 heavy (non-hydrogen) atoms. The summed E-state index contributed by atoms with van der Waals surface area (Å²) in [7, 11) is 0. The fourth-order valence-electron chi connectivity index (χ4n) is 10.6. The highest BCUT2D eigenvalue weighted by Gasteiger charge is 2.83. The third kappa shape index (κ3) is 2.75. The zero-order valence-electron chi connectivity index (χ0n) is 23.0. The van der Waals surface area contributed by atoms with Gasteiger partial charge >= 0.3 is 11.9 Å². The first kappa shape index (κ1) is 25.2. The second kappa shape index (κ2) is 7.70. The van der Waals surface area contributed by atoms with Gasteiger partial charge in [-0.1, -0.05) is 13.8 Å². The van der Waals surface area contributed by atoms with E-state index >= 15 is 0 Å². The molecule has 208 valence electrons. The van der Waals surface area contributed by atoms with Gasteiger partial charge in [0, 0.05) is 18.3 Å². The van der Waals surface area contributed by atoms with Crippen LogP contribution in [0.5, 0.6) is 0 Å². The summed E-state index contributed by atoms with van der Waals surface area (Å²) in [5.41, 5.74) is -2.75. The van der Waals surface area contributed by atoms with Gasteiger partial charge in [-0.25, -0.2) is 0 Å². The predicted molar refractivity (Wildman–Crippen MR) is 133 cm³/mol. The van der Waals surface area contributed by atoms with Gasteiger partial charge in [-0.2, -0.15) is 0 Å². The van der Waals surface area contributed by atoms with E-state index in [2.05, 4.69) is 6.92 Å². The first-order chi connectivity index (χ1) is 17.9. The van der Waals surface area contributed by atoms with Gasteiger partial charge in [-0.15, -0.1) is 0 Å². The maximum Gasteiger partial charge on any atom is 0.309 e. The Morgan fingerprint density at radius 1 is 1.05 bits per heavy atom. The van der Waals surface area contributed by atoms with Gasteiger partial charge in [0.05, 0.1) is 17.4 Å². The molecule has 8 nitrogen and oxygen atoms in total. The minimum absolute atomic E-state index is 0.0499. The number of cyclic esters (lactones) is 1. The van der Waals surface area contributed by atoms with Gasteiger partial charge in [0.1, 0.15) is 17.3 Å². The lowest BCUT2D eigenvalue weighted by Gasteiger charge is -2.58. The molecular weight excluding hydrogens is 488 g/mol. The number of carbonyl (C=O) groups is 3. The van der Waals surface area contributed by atoms with Crippen LogP contribution in [0.25, 0.3) is 0 Å². The van der Waals surface area contributed by atoms with E-state index in [1.54, 1.807) is 12.2 Å². The normalized spacial score (nSPS) is 58.2. The molecule has 3 heterocycles. The van der Waals surface area contributed by atoms with Crippen molar-refractivity contribution in [3.8, 4) is 0 Å². The molecule has 1 N–H and O–H groups in total. The molecule has 3 saturated carbocycles. The molecule has 0 radical (unpaired) electrons. The van der Waals surface area contributed by atoms with Crippen molar-refractivity contribution in [3.05, 3.63) is 12.2 Å². The number of carbonyl (C=O) groups excluding carboxylic acids is 3. The standard InChI is InChI=1S/C30H40O8/c1-14-12-23(36-25(33)15(14)2)28(5)20-7-6-19-17-13-24-30(37-24)22(35-16(3)31)9-8-21(32)27(30,4)18(17)10-11-29(19,20)26(34)38-28/h8-9,14-15,17-20,22-24,26,34H,6-7,10-13H2,1-5H3/t14-,15?,17+,18-,19-,20+,22-,23?,24+,26+,27-,28+,29+,30+/m0/s1. The number of aliphatic hydroxyl groups excluding tert-OH is 1. The van der Waals surface area contributed by atoms with Crippen LogP contribution in [0.4, 0.5) is 0 Å². The van der Waals surface area contributed by atoms with Crippen LogP contribution < -0.4 is 0 Å². The quantitative estimate of drug-likeness (QED) is 0.429. The zero-order chi connectivity index (χ0) is 27.0. The highest BCUT2D eigenvalue weighted by atomic mass is 16.7. The van der Waals surface area contributed by atoms with Crippen LogP contribution in [0.3, 0.4) is 0 Å². The molecule has 6 fully saturated rings. The molecule has 7 rings (SSSR count). The molecule has 0 aromatic heterocycles. The number of hydrogen-bond acceptors (Lipinski definition) is 8. The molecule has 8 heteroatoms. The number of ketones is 1. The van der Waals surface area contributed by atoms with Crippen molar-refractivity contribution >= 4 is 17.7 Å². The molecule has 0 bridgehead atoms. The van der Waals surface area contributed by atoms with Gasteiger partial charge in [0.25, 0.3) is 0 Å². The van der Waals surface area contributed by atoms with E-state index in [4.69, 9.17) is 18.9 Å². The number of fused-ring (bicyclic) bond motifs is 3. The maximum atomic E-state index is 13.6. The van der Waals surface area contributed by atoms with Crippen LogP contribution in [0, 0.1) is 46.3 Å². The molecule has 0 aromatic rings. The van der Waals surface area contributed by atoms with Crippen LogP contribution in [-0.4, -0.2) is 58.6 Å². The van der Waals surface area contributed by atoms with Crippen LogP contribution in [0.15, 0.2) is 12.2 Å². The summed E-state index contributed by atoms with van der Waals surface area (Å²) in [6.07, 6.45) is 6.14. The van der Waals surface area contributed by atoms with Crippen molar-refractivity contribution in [1.29, 1.82) is 0 Å². The average molecular weight is 529 g/mol. The molecule has 0 amide bonds. The van der Waals surface area contributed by atoms with Gasteiger partial charge in [-0.3, -0.25) is 14.4 Å². The lowest BCUT2D eigenvalue weighted by Crippen LogP contribution is -2.64. The molecule has 4 aliphatic carbocycles. The van der Waals surface area contributed by atoms with E-state index in [0.717, 1.165) is 38.5 Å². The smallest absolute Gasteiger partial charge is 0.309 e. The van der Waals surface area contributed by atoms with Crippen molar-refractivity contribution in [3.63, 3.8) is 0 Å². The van der Waals surface area contributed by atoms with Crippen LogP contribution in [0.2, 0.25) is 0 Å². The van der Waals surface area contributed by atoms with E-state index in [1.807, 2.05) is 20.8 Å². The summed E-state index contributed by atoms with van der Waals surface area (Å²) in [5.74, 6) is 0.0720. The Hall–Kier alpha value is -1.77. The van der Waals surface area contributed by atoms with Crippen LogP contribution >= 0.6 is 0 Å². The molecule has 0 aromatic carbocycles. The highest BCUT2D eigenvalue weighted by molar-refractivity contribution is 5.98. The van der Waals surface area contributed by atoms with Crippen molar-refractivity contribution in [2.75, 3.05) is 0 Å². The molecule has 14 atom stereocenters. The summed E-state index contributed by atoms with van der Waals surface area (Å²) in [6.45, 7) is 9.47. The Balaban J connectivity index is 1.22. The number of epoxide rings is 1. The lowest BCUT2D eigenvalue weighted by molar-refractivity contribution is -0.226. The molecule has 2 spiro atoms. The van der Waals surface area contributed by atoms with Gasteiger partial charge in [-0.05, 0) is 88.2 Å². The largest absolute Gasteiger partial charge is 0.459 e. The second-order valence-electron chi connectivity index (χ2n) is 13.8. The third-order valence-corrected chi connectivity index (χ3v) is 12.7. The van der Waals surface area contributed by atoms with Crippen LogP contribution in [0.1, 0.15) is 73.1 Å². The van der Waals surface area contributed by atoms with E-state index in [-0.39, 0.29) is 65.4 Å². The zero-order valence-corrected chi connectivity index (χ0v) is 23.0. The second-order valence-corrected chi connectivity index (χ2v) is 13.8. The summed E-state index contributed by atoms with van der Waals surface area (Å²) in [5, 5.41) is 11.7. The topological polar surface area (TPSA) is 112 Å². The summed E-state index contributed by atoms with van der Waals surface area (Å²) in [4.78, 5) is 38.2. The fourth-order valence-corrected chi connectivity index (χ4v) is 10.6. The SMILES string of the molecule is CC(=O)O[C@H]1C=CC(=O)[C@]2(C)[C@H]3CC[C@]45[C@H](O)O[C@@](C)(C6C[C@H](C)C(C)C(=O)O6)[C@H]4CC[C@H]5[C@@H]3C[C@H]3O[C@]132. The number of hydrogen-bond donors (Lipinski definition) is 1. The fraction of sp³-hybridized carbons (Fsp3) is 0.833. The lowest BCUT2D eigenvalue weighted by atomic mass is 9.44. The van der Waals surface area contributed by atoms with Gasteiger partial charge < -0.3 is 24.1 Å². The van der Waals surface area contributed by atoms with E-state index in [0.29, 0.717) is 0 Å². The number of ether oxygens (including phenoxy) is 4. The number of esters is 2. The molecular formula is C30H40O8. The first-order valence-corrected chi connectivity index (χ1v) is 14.5.